The fourth-order valence-corrected chi connectivity index (χ4v) is 6.40. The number of carbonyl (C=O) groups excluding carboxylic acids is 3. The molecular formula is C34H32ClF2N3O3S. The number of halogens is 3. The number of benzene rings is 2. The Hall–Kier alpha value is -3.82. The summed E-state index contributed by atoms with van der Waals surface area (Å²) in [6, 6.07) is 11.4. The molecule has 5 rings (SSSR count). The standard InChI is InChI=1S/C34H32ClF2N3O3S/c1-19-4-3-5-30(40-13-11-23(18-31(40)42)32-27(36)9-8-26(35)33(32)37)29-17-22(10-12-38-29)25-7-6-21(15-24(44)14-20(2)41)16-28(25)39-34(19)43/h6-10,12,16-19,30H,3-5,11,13-15H2,1-2H3,(H,39,43)/t19-,30+/m1/s1. The Labute approximate surface area is 265 Å². The highest BCUT2D eigenvalue weighted by molar-refractivity contribution is 7.80. The zero-order chi connectivity index (χ0) is 31.5. The molecule has 44 heavy (non-hydrogen) atoms. The minimum Gasteiger partial charge on any atom is -0.330 e. The summed E-state index contributed by atoms with van der Waals surface area (Å²) in [5.41, 5.74) is 3.78. The Kier molecular flexibility index (Phi) is 9.65. The summed E-state index contributed by atoms with van der Waals surface area (Å²) in [5.74, 6) is -2.43. The molecule has 1 aromatic heterocycles. The van der Waals surface area contributed by atoms with E-state index in [1.807, 2.05) is 37.3 Å². The van der Waals surface area contributed by atoms with E-state index in [4.69, 9.17) is 23.8 Å². The molecule has 0 fully saturated rings. The maximum atomic E-state index is 14.7. The fraction of sp³-hybridized carbons (Fsp3) is 0.324. The molecule has 0 saturated heterocycles. The van der Waals surface area contributed by atoms with Gasteiger partial charge in [0.25, 0.3) is 0 Å². The van der Waals surface area contributed by atoms with Crippen molar-refractivity contribution in [2.75, 3.05) is 11.9 Å². The Morgan fingerprint density at radius 2 is 1.93 bits per heavy atom. The molecule has 0 unspecified atom stereocenters. The van der Waals surface area contributed by atoms with Crippen LogP contribution in [0.1, 0.15) is 68.8 Å². The molecule has 2 bridgehead atoms. The molecule has 10 heteroatoms. The fourth-order valence-electron chi connectivity index (χ4n) is 5.87. The third-order valence-corrected chi connectivity index (χ3v) is 8.71. The zero-order valence-electron chi connectivity index (χ0n) is 24.5. The molecule has 2 aromatic carbocycles. The summed E-state index contributed by atoms with van der Waals surface area (Å²) in [6.07, 6.45) is 5.66. The maximum absolute atomic E-state index is 14.7. The molecule has 6 nitrogen and oxygen atoms in total. The van der Waals surface area contributed by atoms with Gasteiger partial charge in [0, 0.05) is 53.7 Å². The van der Waals surface area contributed by atoms with Crippen molar-refractivity contribution in [2.24, 2.45) is 5.92 Å². The molecule has 2 amide bonds. The highest BCUT2D eigenvalue weighted by Gasteiger charge is 2.31. The van der Waals surface area contributed by atoms with Gasteiger partial charge in [0.1, 0.15) is 11.6 Å². The van der Waals surface area contributed by atoms with Gasteiger partial charge in [-0.2, -0.15) is 0 Å². The van der Waals surface area contributed by atoms with Crippen molar-refractivity contribution < 1.29 is 23.2 Å². The highest BCUT2D eigenvalue weighted by atomic mass is 35.5. The van der Waals surface area contributed by atoms with Crippen LogP contribution in [0.2, 0.25) is 5.02 Å². The number of thiocarbonyl (C=S) groups is 1. The number of carbonyl (C=O) groups is 3. The largest absolute Gasteiger partial charge is 0.330 e. The molecule has 0 spiro atoms. The first-order chi connectivity index (χ1) is 21.0. The predicted molar refractivity (Wildman–Crippen MR) is 171 cm³/mol. The second kappa shape index (κ2) is 13.4. The van der Waals surface area contributed by atoms with Gasteiger partial charge in [-0.25, -0.2) is 8.78 Å². The zero-order valence-corrected chi connectivity index (χ0v) is 26.0. The van der Waals surface area contributed by atoms with Crippen molar-refractivity contribution in [3.8, 4) is 11.1 Å². The minimum absolute atomic E-state index is 0.00462. The summed E-state index contributed by atoms with van der Waals surface area (Å²) < 4.78 is 29.3. The first-order valence-corrected chi connectivity index (χ1v) is 15.4. The normalized spacial score (nSPS) is 18.8. The van der Waals surface area contributed by atoms with E-state index in [2.05, 4.69) is 10.3 Å². The third-order valence-electron chi connectivity index (χ3n) is 8.13. The molecule has 0 saturated carbocycles. The van der Waals surface area contributed by atoms with Gasteiger partial charge in [-0.1, -0.05) is 49.3 Å². The second-order valence-corrected chi connectivity index (χ2v) is 12.4. The van der Waals surface area contributed by atoms with Crippen LogP contribution in [-0.4, -0.2) is 38.9 Å². The number of nitrogens with zero attached hydrogens (tertiary/aromatic N) is 2. The van der Waals surface area contributed by atoms with E-state index in [1.165, 1.54) is 13.0 Å². The van der Waals surface area contributed by atoms with Gasteiger partial charge >= 0.3 is 0 Å². The van der Waals surface area contributed by atoms with Gasteiger partial charge in [-0.15, -0.1) is 0 Å². The van der Waals surface area contributed by atoms with Crippen molar-refractivity contribution in [1.82, 2.24) is 9.88 Å². The van der Waals surface area contributed by atoms with Crippen molar-refractivity contribution in [3.63, 3.8) is 0 Å². The third kappa shape index (κ3) is 6.94. The minimum atomic E-state index is -0.880. The Balaban J connectivity index is 1.50. The van der Waals surface area contributed by atoms with Crippen LogP contribution in [0, 0.1) is 17.6 Å². The number of pyridine rings is 1. The van der Waals surface area contributed by atoms with E-state index < -0.39 is 17.7 Å². The van der Waals surface area contributed by atoms with E-state index in [1.54, 1.807) is 11.1 Å². The van der Waals surface area contributed by atoms with Crippen LogP contribution < -0.4 is 5.32 Å². The number of hydrogen-bond acceptors (Lipinski definition) is 5. The van der Waals surface area contributed by atoms with E-state index in [9.17, 15) is 23.2 Å². The Morgan fingerprint density at radius 3 is 2.68 bits per heavy atom. The molecule has 2 aliphatic heterocycles. The SMILES string of the molecule is CC(=O)CC(=S)Cc1ccc2c(c1)NC(=O)[C@H](C)CCC[C@H](N1CCC(c3c(F)ccc(Cl)c3F)=CC1=O)c1cc-2ccn1. The van der Waals surface area contributed by atoms with Gasteiger partial charge < -0.3 is 10.2 Å². The van der Waals surface area contributed by atoms with Crippen molar-refractivity contribution >= 4 is 57.5 Å². The first kappa shape index (κ1) is 31.6. The summed E-state index contributed by atoms with van der Waals surface area (Å²) in [6.45, 7) is 3.61. The molecule has 3 heterocycles. The van der Waals surface area contributed by atoms with Gasteiger partial charge in [0.2, 0.25) is 11.8 Å². The lowest BCUT2D eigenvalue weighted by molar-refractivity contribution is -0.129. The van der Waals surface area contributed by atoms with Crippen LogP contribution in [0.4, 0.5) is 14.5 Å². The van der Waals surface area contributed by atoms with Gasteiger partial charge in [-0.3, -0.25) is 19.4 Å². The van der Waals surface area contributed by atoms with Gasteiger partial charge in [0.05, 0.1) is 22.3 Å². The number of ketones is 1. The molecule has 0 radical (unpaired) electrons. The highest BCUT2D eigenvalue weighted by Crippen LogP contribution is 2.37. The van der Waals surface area contributed by atoms with E-state index in [0.29, 0.717) is 41.9 Å². The molecule has 2 atom stereocenters. The van der Waals surface area contributed by atoms with Crippen molar-refractivity contribution in [3.05, 3.63) is 88.2 Å². The van der Waals surface area contributed by atoms with E-state index >= 15 is 0 Å². The summed E-state index contributed by atoms with van der Waals surface area (Å²) in [4.78, 5) is 45.3. The van der Waals surface area contributed by atoms with Crippen LogP contribution in [0.25, 0.3) is 16.7 Å². The Bertz CT molecular complexity index is 1690. The number of fused-ring (bicyclic) bond motifs is 4. The topological polar surface area (TPSA) is 79.4 Å². The average molecular weight is 636 g/mol. The number of aromatic nitrogens is 1. The maximum Gasteiger partial charge on any atom is 0.247 e. The number of Topliss-reactive ketones (excluding diaryl/α,β-unsaturated/α-hetero) is 1. The average Bonchev–Trinajstić information content (AvgIpc) is 2.97. The lowest BCUT2D eigenvalue weighted by Gasteiger charge is -2.34. The van der Waals surface area contributed by atoms with E-state index in [-0.39, 0.29) is 59.1 Å². The molecule has 2 aliphatic rings. The summed E-state index contributed by atoms with van der Waals surface area (Å²) in [7, 11) is 0. The molecule has 3 aromatic rings. The second-order valence-electron chi connectivity index (χ2n) is 11.4. The van der Waals surface area contributed by atoms with E-state index in [0.717, 1.165) is 28.8 Å². The number of rotatable bonds is 6. The lowest BCUT2D eigenvalue weighted by Crippen LogP contribution is -2.38. The number of nitrogens with one attached hydrogen (secondary N) is 1. The molecule has 0 aliphatic carbocycles. The van der Waals surface area contributed by atoms with Crippen LogP contribution in [0.15, 0.2) is 54.7 Å². The summed E-state index contributed by atoms with van der Waals surface area (Å²) in [5, 5.41) is 2.89. The quantitative estimate of drug-likeness (QED) is 0.222. The monoisotopic (exact) mass is 635 g/mol. The molecule has 228 valence electrons. The van der Waals surface area contributed by atoms with Crippen LogP contribution in [0.3, 0.4) is 0 Å². The molecule has 1 N–H and O–H groups in total. The first-order valence-electron chi connectivity index (χ1n) is 14.6. The number of amides is 2. The van der Waals surface area contributed by atoms with Crippen LogP contribution >= 0.6 is 23.8 Å². The van der Waals surface area contributed by atoms with Crippen molar-refractivity contribution in [2.45, 2.75) is 58.4 Å². The number of anilines is 1. The smallest absolute Gasteiger partial charge is 0.247 e. The lowest BCUT2D eigenvalue weighted by atomic mass is 9.92. The Morgan fingerprint density at radius 1 is 1.14 bits per heavy atom. The summed E-state index contributed by atoms with van der Waals surface area (Å²) >= 11 is 11.3. The number of hydrogen-bond donors (Lipinski definition) is 1. The molecular weight excluding hydrogens is 604 g/mol. The van der Waals surface area contributed by atoms with Gasteiger partial charge in [0.15, 0.2) is 5.82 Å². The van der Waals surface area contributed by atoms with Crippen LogP contribution in [0.5, 0.6) is 0 Å². The van der Waals surface area contributed by atoms with Crippen molar-refractivity contribution in [1.29, 1.82) is 0 Å². The predicted octanol–water partition coefficient (Wildman–Crippen LogP) is 7.69. The van der Waals surface area contributed by atoms with Crippen LogP contribution in [-0.2, 0) is 20.8 Å². The van der Waals surface area contributed by atoms with Gasteiger partial charge in [-0.05, 0) is 73.2 Å².